The Labute approximate surface area is 61.0 Å². The lowest BCUT2D eigenvalue weighted by Crippen LogP contribution is -2.27. The fourth-order valence-corrected chi connectivity index (χ4v) is 0.999. The van der Waals surface area contributed by atoms with Gasteiger partial charge in [-0.2, -0.15) is 0 Å². The third-order valence-electron chi connectivity index (χ3n) is 1.06. The van der Waals surface area contributed by atoms with Gasteiger partial charge in [-0.05, 0) is 0 Å². The monoisotopic (exact) mass is 191 g/mol. The van der Waals surface area contributed by atoms with Gasteiger partial charge in [0.15, 0.2) is 6.10 Å². The zero-order valence-corrected chi connectivity index (χ0v) is 6.22. The van der Waals surface area contributed by atoms with Crippen LogP contribution in [-0.2, 0) is 9.53 Å². The van der Waals surface area contributed by atoms with Crippen LogP contribution >= 0.6 is 15.9 Å². The van der Waals surface area contributed by atoms with Crippen molar-refractivity contribution in [2.45, 2.75) is 12.5 Å². The highest BCUT2D eigenvalue weighted by Gasteiger charge is 2.21. The molecule has 0 aromatic carbocycles. The van der Waals surface area contributed by atoms with Crippen LogP contribution in [0.25, 0.3) is 0 Å². The van der Waals surface area contributed by atoms with E-state index >= 15 is 0 Å². The number of ether oxygens (including phenoxy) is 1. The second-order valence-corrected chi connectivity index (χ2v) is 2.81. The van der Waals surface area contributed by atoms with Crippen molar-refractivity contribution in [1.82, 2.24) is 0 Å². The van der Waals surface area contributed by atoms with Gasteiger partial charge in [0, 0.05) is 10.9 Å². The molecule has 1 aliphatic rings. The molecule has 0 saturated heterocycles. The smallest absolute Gasteiger partial charge is 0.258 e. The van der Waals surface area contributed by atoms with E-state index in [1.54, 1.807) is 0 Å². The summed E-state index contributed by atoms with van der Waals surface area (Å²) in [4.78, 5) is 10.4. The van der Waals surface area contributed by atoms with Gasteiger partial charge in [-0.1, -0.05) is 15.9 Å². The second kappa shape index (κ2) is 2.39. The minimum absolute atomic E-state index is 0.416. The van der Waals surface area contributed by atoms with Gasteiger partial charge < -0.3 is 10.5 Å². The van der Waals surface area contributed by atoms with Crippen LogP contribution in [0.3, 0.4) is 0 Å². The van der Waals surface area contributed by atoms with Gasteiger partial charge in [-0.3, -0.25) is 4.79 Å². The van der Waals surface area contributed by atoms with Gasteiger partial charge in [-0.15, -0.1) is 0 Å². The van der Waals surface area contributed by atoms with Crippen molar-refractivity contribution < 1.29 is 9.53 Å². The molecule has 3 nitrogen and oxygen atoms in total. The van der Waals surface area contributed by atoms with Crippen LogP contribution in [0.5, 0.6) is 0 Å². The molecule has 1 heterocycles. The Bertz CT molecular complexity index is 166. The molecule has 4 heteroatoms. The molecular formula is C5H6BrNO2. The van der Waals surface area contributed by atoms with Gasteiger partial charge in [0.05, 0.1) is 6.26 Å². The molecule has 1 atom stereocenters. The molecule has 1 unspecified atom stereocenters. The van der Waals surface area contributed by atoms with Crippen molar-refractivity contribution in [2.75, 3.05) is 0 Å². The van der Waals surface area contributed by atoms with Gasteiger partial charge in [-0.25, -0.2) is 0 Å². The van der Waals surface area contributed by atoms with Crippen molar-refractivity contribution in [1.29, 1.82) is 0 Å². The average Bonchev–Trinajstić information content (AvgIpc) is 2.14. The maximum atomic E-state index is 10.4. The maximum absolute atomic E-state index is 10.4. The molecule has 0 spiro atoms. The number of rotatable bonds is 1. The Kier molecular flexibility index (Phi) is 1.75. The number of carbonyl (C=O) groups is 1. The Hall–Kier alpha value is -0.510. The van der Waals surface area contributed by atoms with E-state index in [-0.39, 0.29) is 0 Å². The van der Waals surface area contributed by atoms with Crippen LogP contribution in [-0.4, -0.2) is 12.0 Å². The summed E-state index contributed by atoms with van der Waals surface area (Å²) in [7, 11) is 0. The van der Waals surface area contributed by atoms with Gasteiger partial charge in [0.25, 0.3) is 5.91 Å². The van der Waals surface area contributed by atoms with E-state index in [0.29, 0.717) is 6.42 Å². The molecule has 0 aliphatic carbocycles. The molecule has 1 rings (SSSR count). The van der Waals surface area contributed by atoms with Crippen molar-refractivity contribution in [3.05, 3.63) is 10.7 Å². The summed E-state index contributed by atoms with van der Waals surface area (Å²) in [5, 5.41) is 0. The molecule has 0 radical (unpaired) electrons. The number of hydrogen-bond donors (Lipinski definition) is 1. The van der Waals surface area contributed by atoms with Crippen LogP contribution in [0, 0.1) is 0 Å². The van der Waals surface area contributed by atoms with Crippen molar-refractivity contribution in [3.63, 3.8) is 0 Å². The molecule has 2 N–H and O–H groups in total. The summed E-state index contributed by atoms with van der Waals surface area (Å²) in [5.74, 6) is -0.416. The van der Waals surface area contributed by atoms with Crippen LogP contribution in [0.2, 0.25) is 0 Å². The first kappa shape index (κ1) is 6.61. The van der Waals surface area contributed by atoms with Crippen LogP contribution in [0.4, 0.5) is 0 Å². The van der Waals surface area contributed by atoms with Crippen molar-refractivity contribution >= 4 is 21.8 Å². The van der Waals surface area contributed by atoms with E-state index in [1.165, 1.54) is 6.26 Å². The van der Waals surface area contributed by atoms with Gasteiger partial charge >= 0.3 is 0 Å². The molecule has 0 bridgehead atoms. The van der Waals surface area contributed by atoms with Crippen molar-refractivity contribution in [2.24, 2.45) is 5.73 Å². The SMILES string of the molecule is NC(=O)C1CC(Br)=CO1. The predicted octanol–water partition coefficient (Wildman–Crippen LogP) is 0.497. The van der Waals surface area contributed by atoms with E-state index in [4.69, 9.17) is 10.5 Å². The van der Waals surface area contributed by atoms with Crippen LogP contribution < -0.4 is 5.73 Å². The highest BCUT2D eigenvalue weighted by Crippen LogP contribution is 2.21. The standard InChI is InChI=1S/C5H6BrNO2/c6-3-1-4(5(7)8)9-2-3/h2,4H,1H2,(H2,7,8). The first-order valence-corrected chi connectivity index (χ1v) is 3.29. The number of nitrogens with two attached hydrogens (primary N) is 1. The molecule has 0 aromatic heterocycles. The number of amides is 1. The Balaban J connectivity index is 2.47. The zero-order chi connectivity index (χ0) is 6.85. The maximum Gasteiger partial charge on any atom is 0.258 e. The lowest BCUT2D eigenvalue weighted by molar-refractivity contribution is -0.125. The summed E-state index contributed by atoms with van der Waals surface area (Å²) in [6.45, 7) is 0. The van der Waals surface area contributed by atoms with E-state index in [9.17, 15) is 4.79 Å². The molecule has 0 fully saturated rings. The lowest BCUT2D eigenvalue weighted by Gasteiger charge is -2.02. The Morgan fingerprint density at radius 2 is 2.67 bits per heavy atom. The molecule has 1 aliphatic heterocycles. The fourth-order valence-electron chi connectivity index (χ4n) is 0.597. The topological polar surface area (TPSA) is 52.3 Å². The largest absolute Gasteiger partial charge is 0.487 e. The normalized spacial score (nSPS) is 25.0. The zero-order valence-electron chi connectivity index (χ0n) is 4.63. The summed E-state index contributed by atoms with van der Waals surface area (Å²) in [5.41, 5.74) is 4.94. The molecule has 1 amide bonds. The third-order valence-corrected chi connectivity index (χ3v) is 1.57. The van der Waals surface area contributed by atoms with Gasteiger partial charge in [0.1, 0.15) is 0 Å². The first-order chi connectivity index (χ1) is 4.20. The molecular weight excluding hydrogens is 186 g/mol. The minimum Gasteiger partial charge on any atom is -0.487 e. The third kappa shape index (κ3) is 1.45. The molecule has 50 valence electrons. The average molecular weight is 192 g/mol. The Morgan fingerprint density at radius 1 is 2.00 bits per heavy atom. The number of primary amides is 1. The minimum atomic E-state index is -0.459. The van der Waals surface area contributed by atoms with Crippen molar-refractivity contribution in [3.8, 4) is 0 Å². The fraction of sp³-hybridized carbons (Fsp3) is 0.400. The quantitative estimate of drug-likeness (QED) is 0.657. The molecule has 9 heavy (non-hydrogen) atoms. The number of hydrogen-bond acceptors (Lipinski definition) is 2. The van der Waals surface area contributed by atoms with Crippen LogP contribution in [0.15, 0.2) is 10.7 Å². The summed E-state index contributed by atoms with van der Waals surface area (Å²) in [6.07, 6.45) is 1.60. The van der Waals surface area contributed by atoms with E-state index in [2.05, 4.69) is 15.9 Å². The number of carbonyl (C=O) groups excluding carboxylic acids is 1. The second-order valence-electron chi connectivity index (χ2n) is 1.80. The van der Waals surface area contributed by atoms with E-state index in [1.807, 2.05) is 0 Å². The predicted molar refractivity (Wildman–Crippen MR) is 35.7 cm³/mol. The lowest BCUT2D eigenvalue weighted by atomic mass is 10.3. The molecule has 0 saturated carbocycles. The summed E-state index contributed by atoms with van der Waals surface area (Å²) < 4.78 is 5.72. The highest BCUT2D eigenvalue weighted by molar-refractivity contribution is 9.11. The number of halogens is 1. The van der Waals surface area contributed by atoms with E-state index < -0.39 is 12.0 Å². The van der Waals surface area contributed by atoms with E-state index in [0.717, 1.165) is 4.48 Å². The van der Waals surface area contributed by atoms with Crippen LogP contribution in [0.1, 0.15) is 6.42 Å². The molecule has 0 aromatic rings. The summed E-state index contributed by atoms with van der Waals surface area (Å²) in [6, 6.07) is 0. The Morgan fingerprint density at radius 3 is 2.89 bits per heavy atom. The highest BCUT2D eigenvalue weighted by atomic mass is 79.9. The van der Waals surface area contributed by atoms with Gasteiger partial charge in [0.2, 0.25) is 0 Å². The summed E-state index contributed by atoms with van der Waals surface area (Å²) >= 11 is 3.18. The first-order valence-electron chi connectivity index (χ1n) is 2.49.